The molecule has 2 rings (SSSR count). The summed E-state index contributed by atoms with van der Waals surface area (Å²) in [6.45, 7) is 3.92. The third-order valence-corrected chi connectivity index (χ3v) is 3.05. The van der Waals surface area contributed by atoms with Crippen LogP contribution in [0.1, 0.15) is 24.3 Å². The number of aromatic nitrogens is 1. The van der Waals surface area contributed by atoms with Crippen LogP contribution in [0.15, 0.2) is 34.9 Å². The molecule has 2 N–H and O–H groups in total. The van der Waals surface area contributed by atoms with Gasteiger partial charge >= 0.3 is 0 Å². The van der Waals surface area contributed by atoms with Crippen molar-refractivity contribution in [3.05, 3.63) is 46.7 Å². The van der Waals surface area contributed by atoms with E-state index in [1.807, 2.05) is 31.2 Å². The molecule has 0 bridgehead atoms. The molecule has 0 radical (unpaired) electrons. The summed E-state index contributed by atoms with van der Waals surface area (Å²) < 4.78 is 4.87. The second-order valence-electron chi connectivity index (χ2n) is 4.53. The molecule has 0 saturated heterocycles. The fourth-order valence-corrected chi connectivity index (χ4v) is 1.95. The molecule has 6 heteroatoms. The van der Waals surface area contributed by atoms with Crippen LogP contribution in [0.5, 0.6) is 0 Å². The van der Waals surface area contributed by atoms with Crippen molar-refractivity contribution in [1.82, 2.24) is 10.5 Å². The van der Waals surface area contributed by atoms with Crippen molar-refractivity contribution in [3.8, 4) is 0 Å². The Bertz CT molecular complexity index is 598. The lowest BCUT2D eigenvalue weighted by atomic mass is 10.1. The van der Waals surface area contributed by atoms with Gasteiger partial charge in [0.2, 0.25) is 5.91 Å². The second-order valence-corrected chi connectivity index (χ2v) is 4.97. The average molecular weight is 294 g/mol. The molecular formula is C14H16ClN3O2. The van der Waals surface area contributed by atoms with E-state index in [-0.39, 0.29) is 18.5 Å². The SMILES string of the molecule is Cc1cc(NC(=O)CN[C@H](C)c2cccc(Cl)c2)no1. The van der Waals surface area contributed by atoms with Crippen LogP contribution >= 0.6 is 11.6 Å². The van der Waals surface area contributed by atoms with Gasteiger partial charge in [0.25, 0.3) is 0 Å². The van der Waals surface area contributed by atoms with Crippen molar-refractivity contribution in [1.29, 1.82) is 0 Å². The van der Waals surface area contributed by atoms with Crippen LogP contribution in [0, 0.1) is 6.92 Å². The summed E-state index contributed by atoms with van der Waals surface area (Å²) >= 11 is 5.94. The number of carbonyl (C=O) groups excluding carboxylic acids is 1. The molecule has 106 valence electrons. The fraction of sp³-hybridized carbons (Fsp3) is 0.286. The van der Waals surface area contributed by atoms with Gasteiger partial charge in [-0.3, -0.25) is 4.79 Å². The van der Waals surface area contributed by atoms with Gasteiger partial charge in [-0.05, 0) is 31.5 Å². The van der Waals surface area contributed by atoms with Crippen LogP contribution in [0.25, 0.3) is 0 Å². The molecule has 0 saturated carbocycles. The number of rotatable bonds is 5. The molecule has 1 amide bonds. The van der Waals surface area contributed by atoms with Gasteiger partial charge in [-0.25, -0.2) is 0 Å². The van der Waals surface area contributed by atoms with Crippen molar-refractivity contribution < 1.29 is 9.32 Å². The number of amides is 1. The zero-order valence-corrected chi connectivity index (χ0v) is 12.1. The molecule has 1 atom stereocenters. The Balaban J connectivity index is 1.84. The highest BCUT2D eigenvalue weighted by Gasteiger charge is 2.09. The van der Waals surface area contributed by atoms with Gasteiger partial charge in [-0.15, -0.1) is 0 Å². The summed E-state index contributed by atoms with van der Waals surface area (Å²) in [7, 11) is 0. The maximum absolute atomic E-state index is 11.7. The van der Waals surface area contributed by atoms with Crippen molar-refractivity contribution in [3.63, 3.8) is 0 Å². The van der Waals surface area contributed by atoms with Crippen LogP contribution in [0.2, 0.25) is 5.02 Å². The standard InChI is InChI=1S/C14H16ClN3O2/c1-9-6-13(18-20-9)17-14(19)8-16-10(2)11-4-3-5-12(15)7-11/h3-7,10,16H,8H2,1-2H3,(H,17,18,19)/t10-/m1/s1. The minimum atomic E-state index is -0.174. The number of carbonyl (C=O) groups is 1. The van der Waals surface area contributed by atoms with Gasteiger partial charge in [0.1, 0.15) is 5.76 Å². The smallest absolute Gasteiger partial charge is 0.239 e. The predicted octanol–water partition coefficient (Wildman–Crippen LogP) is 2.93. The maximum Gasteiger partial charge on any atom is 0.239 e. The number of halogens is 1. The second kappa shape index (κ2) is 6.54. The number of anilines is 1. The number of benzene rings is 1. The Morgan fingerprint density at radius 1 is 1.45 bits per heavy atom. The predicted molar refractivity (Wildman–Crippen MR) is 77.7 cm³/mol. The van der Waals surface area contributed by atoms with E-state index < -0.39 is 0 Å². The van der Waals surface area contributed by atoms with Gasteiger partial charge in [-0.1, -0.05) is 28.9 Å². The van der Waals surface area contributed by atoms with Gasteiger partial charge < -0.3 is 15.2 Å². The van der Waals surface area contributed by atoms with E-state index in [0.29, 0.717) is 16.6 Å². The molecule has 1 heterocycles. The Labute approximate surface area is 122 Å². The molecule has 0 aliphatic heterocycles. The van der Waals surface area contributed by atoms with E-state index in [1.165, 1.54) is 0 Å². The minimum absolute atomic E-state index is 0.0264. The van der Waals surface area contributed by atoms with Gasteiger partial charge in [0.15, 0.2) is 5.82 Å². The molecule has 0 aliphatic carbocycles. The van der Waals surface area contributed by atoms with Crippen LogP contribution in [-0.2, 0) is 4.79 Å². The van der Waals surface area contributed by atoms with Gasteiger partial charge in [0, 0.05) is 17.1 Å². The zero-order chi connectivity index (χ0) is 14.5. The van der Waals surface area contributed by atoms with E-state index in [1.54, 1.807) is 13.0 Å². The minimum Gasteiger partial charge on any atom is -0.360 e. The summed E-state index contributed by atoms with van der Waals surface area (Å²) in [5, 5.41) is 10.2. The maximum atomic E-state index is 11.7. The Morgan fingerprint density at radius 2 is 2.25 bits per heavy atom. The van der Waals surface area contributed by atoms with Crippen molar-refractivity contribution >= 4 is 23.3 Å². The first-order chi connectivity index (χ1) is 9.54. The summed E-state index contributed by atoms with van der Waals surface area (Å²) in [5.74, 6) is 0.900. The van der Waals surface area contributed by atoms with Crippen molar-refractivity contribution in [2.45, 2.75) is 19.9 Å². The Kier molecular flexibility index (Phi) is 4.76. The molecule has 0 fully saturated rings. The highest BCUT2D eigenvalue weighted by atomic mass is 35.5. The highest BCUT2D eigenvalue weighted by molar-refractivity contribution is 6.30. The average Bonchev–Trinajstić information content (AvgIpc) is 2.81. The Hall–Kier alpha value is -1.85. The topological polar surface area (TPSA) is 67.2 Å². The van der Waals surface area contributed by atoms with Gasteiger partial charge in [0.05, 0.1) is 6.54 Å². The monoisotopic (exact) mass is 293 g/mol. The lowest BCUT2D eigenvalue weighted by molar-refractivity contribution is -0.115. The zero-order valence-electron chi connectivity index (χ0n) is 11.3. The van der Waals surface area contributed by atoms with Crippen LogP contribution < -0.4 is 10.6 Å². The van der Waals surface area contributed by atoms with Crippen molar-refractivity contribution in [2.75, 3.05) is 11.9 Å². The normalized spacial score (nSPS) is 12.2. The molecule has 0 spiro atoms. The molecule has 5 nitrogen and oxygen atoms in total. The summed E-state index contributed by atoms with van der Waals surface area (Å²) in [6, 6.07) is 9.23. The summed E-state index contributed by atoms with van der Waals surface area (Å²) in [6.07, 6.45) is 0. The fourth-order valence-electron chi connectivity index (χ4n) is 1.75. The van der Waals surface area contributed by atoms with E-state index in [2.05, 4.69) is 15.8 Å². The number of nitrogens with one attached hydrogen (secondary N) is 2. The van der Waals surface area contributed by atoms with E-state index in [4.69, 9.17) is 16.1 Å². The molecule has 2 aromatic rings. The third kappa shape index (κ3) is 4.08. The van der Waals surface area contributed by atoms with Crippen LogP contribution in [0.3, 0.4) is 0 Å². The van der Waals surface area contributed by atoms with Crippen LogP contribution in [-0.4, -0.2) is 17.6 Å². The summed E-state index contributed by atoms with van der Waals surface area (Å²) in [4.78, 5) is 11.7. The van der Waals surface area contributed by atoms with E-state index in [0.717, 1.165) is 5.56 Å². The first-order valence-electron chi connectivity index (χ1n) is 6.26. The quantitative estimate of drug-likeness (QED) is 0.889. The molecular weight excluding hydrogens is 278 g/mol. The number of nitrogens with zero attached hydrogens (tertiary/aromatic N) is 1. The van der Waals surface area contributed by atoms with E-state index >= 15 is 0 Å². The molecule has 0 aliphatic rings. The Morgan fingerprint density at radius 3 is 2.90 bits per heavy atom. The molecule has 1 aromatic heterocycles. The molecule has 20 heavy (non-hydrogen) atoms. The highest BCUT2D eigenvalue weighted by Crippen LogP contribution is 2.17. The number of aryl methyl sites for hydroxylation is 1. The molecule has 1 aromatic carbocycles. The first kappa shape index (κ1) is 14.6. The summed E-state index contributed by atoms with van der Waals surface area (Å²) in [5.41, 5.74) is 1.03. The van der Waals surface area contributed by atoms with E-state index in [9.17, 15) is 4.79 Å². The number of hydrogen-bond acceptors (Lipinski definition) is 4. The van der Waals surface area contributed by atoms with Crippen molar-refractivity contribution in [2.24, 2.45) is 0 Å². The largest absolute Gasteiger partial charge is 0.360 e. The lowest BCUT2D eigenvalue weighted by Gasteiger charge is -2.13. The number of hydrogen-bond donors (Lipinski definition) is 2. The van der Waals surface area contributed by atoms with Crippen LogP contribution in [0.4, 0.5) is 5.82 Å². The van der Waals surface area contributed by atoms with Gasteiger partial charge in [-0.2, -0.15) is 0 Å². The first-order valence-corrected chi connectivity index (χ1v) is 6.64. The molecule has 0 unspecified atom stereocenters. The lowest BCUT2D eigenvalue weighted by Crippen LogP contribution is -2.30. The third-order valence-electron chi connectivity index (χ3n) is 2.81.